The average Bonchev–Trinajstić information content (AvgIpc) is 2.35. The summed E-state index contributed by atoms with van der Waals surface area (Å²) in [6.07, 6.45) is 0.954. The number of rotatable bonds is 6. The molecule has 0 amide bonds. The standard InChI is InChI=1S/C13H18ClN3O/c1-13(2,6-7-18-3)9-16-12-5-4-10(14)11(8-15)17-12/h4-5H,6-7,9H2,1-3H3,(H,16,17). The lowest BCUT2D eigenvalue weighted by atomic mass is 9.90. The summed E-state index contributed by atoms with van der Waals surface area (Å²) in [6, 6.07) is 5.42. The number of aromatic nitrogens is 1. The second kappa shape index (κ2) is 6.58. The van der Waals surface area contributed by atoms with Gasteiger partial charge in [-0.2, -0.15) is 5.26 Å². The summed E-state index contributed by atoms with van der Waals surface area (Å²) in [4.78, 5) is 4.14. The molecular weight excluding hydrogens is 250 g/mol. The fraction of sp³-hybridized carbons (Fsp3) is 0.538. The zero-order valence-electron chi connectivity index (χ0n) is 11.0. The van der Waals surface area contributed by atoms with Crippen LogP contribution >= 0.6 is 11.6 Å². The molecule has 98 valence electrons. The van der Waals surface area contributed by atoms with Crippen molar-refractivity contribution in [1.29, 1.82) is 5.26 Å². The number of anilines is 1. The van der Waals surface area contributed by atoms with Gasteiger partial charge in [-0.1, -0.05) is 25.4 Å². The Morgan fingerprint density at radius 2 is 2.22 bits per heavy atom. The van der Waals surface area contributed by atoms with Crippen LogP contribution < -0.4 is 5.32 Å². The highest BCUT2D eigenvalue weighted by molar-refractivity contribution is 6.31. The van der Waals surface area contributed by atoms with Crippen molar-refractivity contribution in [3.8, 4) is 6.07 Å². The molecule has 1 N–H and O–H groups in total. The van der Waals surface area contributed by atoms with Crippen LogP contribution in [0.2, 0.25) is 5.02 Å². The van der Waals surface area contributed by atoms with Crippen molar-refractivity contribution in [2.75, 3.05) is 25.6 Å². The molecule has 0 atom stereocenters. The van der Waals surface area contributed by atoms with Gasteiger partial charge >= 0.3 is 0 Å². The second-order valence-corrected chi connectivity index (χ2v) is 5.31. The third kappa shape index (κ3) is 4.52. The highest BCUT2D eigenvalue weighted by atomic mass is 35.5. The van der Waals surface area contributed by atoms with Gasteiger partial charge in [0, 0.05) is 20.3 Å². The summed E-state index contributed by atoms with van der Waals surface area (Å²) in [5.74, 6) is 0.668. The summed E-state index contributed by atoms with van der Waals surface area (Å²) >= 11 is 5.83. The molecule has 1 aromatic rings. The minimum Gasteiger partial charge on any atom is -0.385 e. The largest absolute Gasteiger partial charge is 0.385 e. The lowest BCUT2D eigenvalue weighted by molar-refractivity contribution is 0.157. The number of nitriles is 1. The van der Waals surface area contributed by atoms with E-state index >= 15 is 0 Å². The molecule has 0 bridgehead atoms. The summed E-state index contributed by atoms with van der Waals surface area (Å²) in [6.45, 7) is 5.79. The molecule has 0 saturated carbocycles. The van der Waals surface area contributed by atoms with Crippen LogP contribution in [0.4, 0.5) is 5.82 Å². The molecule has 0 fully saturated rings. The first-order chi connectivity index (χ1) is 8.48. The lowest BCUT2D eigenvalue weighted by Gasteiger charge is -2.24. The van der Waals surface area contributed by atoms with Crippen molar-refractivity contribution in [3.63, 3.8) is 0 Å². The van der Waals surface area contributed by atoms with Gasteiger partial charge in [-0.25, -0.2) is 4.98 Å². The van der Waals surface area contributed by atoms with Gasteiger partial charge in [0.15, 0.2) is 5.69 Å². The Labute approximate surface area is 113 Å². The summed E-state index contributed by atoms with van der Waals surface area (Å²) in [7, 11) is 1.70. The fourth-order valence-electron chi connectivity index (χ4n) is 1.42. The normalized spacial score (nSPS) is 11.1. The molecule has 18 heavy (non-hydrogen) atoms. The van der Waals surface area contributed by atoms with Gasteiger partial charge in [0.2, 0.25) is 0 Å². The third-order valence-corrected chi connectivity index (χ3v) is 2.99. The van der Waals surface area contributed by atoms with Gasteiger partial charge in [-0.3, -0.25) is 0 Å². The molecule has 1 rings (SSSR count). The van der Waals surface area contributed by atoms with E-state index in [2.05, 4.69) is 24.1 Å². The van der Waals surface area contributed by atoms with Crippen LogP contribution in [0, 0.1) is 16.7 Å². The van der Waals surface area contributed by atoms with Crippen molar-refractivity contribution in [2.45, 2.75) is 20.3 Å². The zero-order valence-corrected chi connectivity index (χ0v) is 11.7. The molecule has 0 radical (unpaired) electrons. The van der Waals surface area contributed by atoms with Gasteiger partial charge in [0.05, 0.1) is 5.02 Å². The van der Waals surface area contributed by atoms with Gasteiger partial charge in [-0.05, 0) is 24.0 Å². The molecular formula is C13H18ClN3O. The lowest BCUT2D eigenvalue weighted by Crippen LogP contribution is -2.25. The SMILES string of the molecule is COCCC(C)(C)CNc1ccc(Cl)c(C#N)n1. The van der Waals surface area contributed by atoms with Crippen LogP contribution in [0.15, 0.2) is 12.1 Å². The first kappa shape index (κ1) is 14.7. The van der Waals surface area contributed by atoms with E-state index in [-0.39, 0.29) is 11.1 Å². The van der Waals surface area contributed by atoms with Crippen LogP contribution in [0.25, 0.3) is 0 Å². The van der Waals surface area contributed by atoms with Crippen molar-refractivity contribution in [1.82, 2.24) is 4.98 Å². The predicted octanol–water partition coefficient (Wildman–Crippen LogP) is 3.08. The number of pyridine rings is 1. The maximum Gasteiger partial charge on any atom is 0.161 e. The summed E-state index contributed by atoms with van der Waals surface area (Å²) in [5, 5.41) is 12.4. The Morgan fingerprint density at radius 3 is 2.83 bits per heavy atom. The molecule has 1 heterocycles. The Morgan fingerprint density at radius 1 is 1.50 bits per heavy atom. The third-order valence-electron chi connectivity index (χ3n) is 2.68. The number of halogens is 1. The predicted molar refractivity (Wildman–Crippen MR) is 72.7 cm³/mol. The van der Waals surface area contributed by atoms with E-state index in [9.17, 15) is 0 Å². The molecule has 0 aromatic carbocycles. The van der Waals surface area contributed by atoms with E-state index in [0.29, 0.717) is 10.8 Å². The average molecular weight is 268 g/mol. The molecule has 0 aliphatic rings. The highest BCUT2D eigenvalue weighted by Crippen LogP contribution is 2.22. The topological polar surface area (TPSA) is 57.9 Å². The van der Waals surface area contributed by atoms with Crippen molar-refractivity contribution >= 4 is 17.4 Å². The van der Waals surface area contributed by atoms with E-state index in [0.717, 1.165) is 19.6 Å². The number of ether oxygens (including phenoxy) is 1. The van der Waals surface area contributed by atoms with Crippen LogP contribution in [0.5, 0.6) is 0 Å². The maximum absolute atomic E-state index is 8.85. The molecule has 1 aromatic heterocycles. The maximum atomic E-state index is 8.85. The van der Waals surface area contributed by atoms with Crippen LogP contribution in [-0.4, -0.2) is 25.2 Å². The Hall–Kier alpha value is -1.31. The smallest absolute Gasteiger partial charge is 0.161 e. The van der Waals surface area contributed by atoms with Crippen molar-refractivity contribution in [3.05, 3.63) is 22.8 Å². The molecule has 5 heteroatoms. The quantitative estimate of drug-likeness (QED) is 0.861. The molecule has 0 unspecified atom stereocenters. The van der Waals surface area contributed by atoms with Gasteiger partial charge < -0.3 is 10.1 Å². The van der Waals surface area contributed by atoms with E-state index in [1.54, 1.807) is 19.2 Å². The van der Waals surface area contributed by atoms with E-state index in [1.165, 1.54) is 0 Å². The molecule has 0 aliphatic heterocycles. The first-order valence-corrected chi connectivity index (χ1v) is 6.16. The van der Waals surface area contributed by atoms with Crippen molar-refractivity contribution < 1.29 is 4.74 Å². The minimum atomic E-state index is 0.101. The number of hydrogen-bond donors (Lipinski definition) is 1. The second-order valence-electron chi connectivity index (χ2n) is 4.90. The van der Waals surface area contributed by atoms with Crippen LogP contribution in [0.3, 0.4) is 0 Å². The highest BCUT2D eigenvalue weighted by Gasteiger charge is 2.17. The van der Waals surface area contributed by atoms with E-state index < -0.39 is 0 Å². The molecule has 0 aliphatic carbocycles. The van der Waals surface area contributed by atoms with Gasteiger partial charge in [0.1, 0.15) is 11.9 Å². The van der Waals surface area contributed by atoms with Crippen LogP contribution in [0.1, 0.15) is 26.0 Å². The Kier molecular flexibility index (Phi) is 5.39. The van der Waals surface area contributed by atoms with E-state index in [1.807, 2.05) is 6.07 Å². The van der Waals surface area contributed by atoms with Crippen molar-refractivity contribution in [2.24, 2.45) is 5.41 Å². The number of hydrogen-bond acceptors (Lipinski definition) is 4. The molecule has 4 nitrogen and oxygen atoms in total. The summed E-state index contributed by atoms with van der Waals surface area (Å²) in [5.41, 5.74) is 0.348. The molecule has 0 saturated heterocycles. The van der Waals surface area contributed by atoms with E-state index in [4.69, 9.17) is 21.6 Å². The fourth-order valence-corrected chi connectivity index (χ4v) is 1.56. The van der Waals surface area contributed by atoms with Gasteiger partial charge in [0.25, 0.3) is 0 Å². The van der Waals surface area contributed by atoms with Crippen LogP contribution in [-0.2, 0) is 4.74 Å². The Balaban J connectivity index is 2.61. The number of methoxy groups -OCH3 is 1. The minimum absolute atomic E-state index is 0.101. The first-order valence-electron chi connectivity index (χ1n) is 5.78. The van der Waals surface area contributed by atoms with Gasteiger partial charge in [-0.15, -0.1) is 0 Å². The Bertz CT molecular complexity index is 440. The zero-order chi connectivity index (χ0) is 13.6. The number of nitrogens with zero attached hydrogens (tertiary/aromatic N) is 2. The number of nitrogens with one attached hydrogen (secondary N) is 1. The summed E-state index contributed by atoms with van der Waals surface area (Å²) < 4.78 is 5.08. The monoisotopic (exact) mass is 267 g/mol. The molecule has 0 spiro atoms.